The van der Waals surface area contributed by atoms with E-state index in [0.29, 0.717) is 17.0 Å². The number of para-hydroxylation sites is 1. The molecule has 0 aliphatic rings. The normalized spacial score (nSPS) is 11.5. The van der Waals surface area contributed by atoms with Gasteiger partial charge in [-0.1, -0.05) is 66.7 Å². The summed E-state index contributed by atoms with van der Waals surface area (Å²) in [5.41, 5.74) is -13.4. The van der Waals surface area contributed by atoms with Crippen LogP contribution in [0.1, 0.15) is 20.8 Å². The minimum atomic E-state index is -7.22. The van der Waals surface area contributed by atoms with E-state index >= 15 is 35.1 Å². The summed E-state index contributed by atoms with van der Waals surface area (Å²) in [6.07, 6.45) is -5.46. The van der Waals surface area contributed by atoms with Gasteiger partial charge in [0.2, 0.25) is 12.3 Å². The van der Waals surface area contributed by atoms with Crippen LogP contribution in [0.5, 0.6) is 5.75 Å². The second-order valence-corrected chi connectivity index (χ2v) is 15.2. The Morgan fingerprint density at radius 3 is 1.03 bits per heavy atom. The van der Waals surface area contributed by atoms with Crippen molar-refractivity contribution in [3.8, 4) is 5.75 Å². The number of nitrogens with zero attached hydrogens (tertiary/aromatic N) is 1. The molecule has 0 fully saturated rings. The van der Waals surface area contributed by atoms with Gasteiger partial charge in [0.25, 0.3) is 5.69 Å². The van der Waals surface area contributed by atoms with E-state index < -0.39 is 150 Å². The number of ketones is 1. The molecular formula is C48H18BF20NO3. The summed E-state index contributed by atoms with van der Waals surface area (Å²) in [4.78, 5) is 25.7. The van der Waals surface area contributed by atoms with Crippen molar-refractivity contribution < 1.29 is 107 Å². The van der Waals surface area contributed by atoms with Gasteiger partial charge >= 0.3 is 5.97 Å². The Morgan fingerprint density at radius 2 is 0.671 bits per heavy atom. The lowest BCUT2D eigenvalue weighted by molar-refractivity contribution is -0.684. The monoisotopic (exact) mass is 1050 g/mol. The number of rotatable bonds is 9. The van der Waals surface area contributed by atoms with Gasteiger partial charge in [0.15, 0.2) is 76.0 Å². The van der Waals surface area contributed by atoms with E-state index in [0.717, 1.165) is 10.8 Å². The first kappa shape index (κ1) is 52.6. The number of hydrogen-bond donors (Lipinski definition) is 0. The minimum Gasteiger partial charge on any atom is -0.419 e. The number of esters is 1. The van der Waals surface area contributed by atoms with E-state index in [4.69, 9.17) is 4.74 Å². The Balaban J connectivity index is 0.000000237. The van der Waals surface area contributed by atoms with Crippen LogP contribution in [0, 0.1) is 116 Å². The van der Waals surface area contributed by atoms with Crippen molar-refractivity contribution >= 4 is 50.5 Å². The van der Waals surface area contributed by atoms with Gasteiger partial charge < -0.3 is 4.74 Å². The molecule has 0 bridgehead atoms. The molecule has 0 saturated heterocycles. The number of ether oxygens (including phenoxy) is 1. The lowest BCUT2D eigenvalue weighted by atomic mass is 9.12. The highest BCUT2D eigenvalue weighted by atomic mass is 19.2. The van der Waals surface area contributed by atoms with Gasteiger partial charge in [0, 0.05) is 11.6 Å². The average molecular weight is 1050 g/mol. The third-order valence-corrected chi connectivity index (χ3v) is 11.2. The Kier molecular flexibility index (Phi) is 14.5. The molecule has 8 rings (SSSR count). The third kappa shape index (κ3) is 8.64. The molecule has 0 saturated carbocycles. The summed E-state index contributed by atoms with van der Waals surface area (Å²) in [7, 11) is 0. The van der Waals surface area contributed by atoms with Crippen molar-refractivity contribution in [2.24, 2.45) is 0 Å². The van der Waals surface area contributed by atoms with Crippen molar-refractivity contribution in [3.05, 3.63) is 225 Å². The van der Waals surface area contributed by atoms with E-state index in [9.17, 15) is 62.3 Å². The summed E-state index contributed by atoms with van der Waals surface area (Å²) >= 11 is 0. The summed E-state index contributed by atoms with van der Waals surface area (Å²) < 4.78 is 301. The molecule has 0 N–H and O–H groups in total. The zero-order chi connectivity index (χ0) is 53.7. The molecule has 0 spiro atoms. The lowest BCUT2D eigenvalue weighted by Gasteiger charge is -2.44. The Morgan fingerprint density at radius 1 is 0.370 bits per heavy atom. The first-order valence-corrected chi connectivity index (χ1v) is 19.9. The molecule has 73 heavy (non-hydrogen) atoms. The van der Waals surface area contributed by atoms with E-state index in [1.54, 1.807) is 47.2 Å². The van der Waals surface area contributed by atoms with E-state index in [1.165, 1.54) is 0 Å². The average Bonchev–Trinajstić information content (AvgIpc) is 3.39. The summed E-state index contributed by atoms with van der Waals surface area (Å²) in [6, 6.07) is 27.4. The molecule has 0 unspecified atom stereocenters. The molecule has 1 heterocycles. The van der Waals surface area contributed by atoms with Gasteiger partial charge in [-0.05, 0) is 23.6 Å². The van der Waals surface area contributed by atoms with Crippen LogP contribution in [-0.4, -0.2) is 17.9 Å². The summed E-state index contributed by atoms with van der Waals surface area (Å²) in [5, 5.41) is 1.65. The van der Waals surface area contributed by atoms with Crippen LogP contribution in [0.3, 0.4) is 0 Å². The van der Waals surface area contributed by atoms with Gasteiger partial charge in [-0.3, -0.25) is 4.79 Å². The largest absolute Gasteiger partial charge is 0.419 e. The predicted molar refractivity (Wildman–Crippen MR) is 216 cm³/mol. The van der Waals surface area contributed by atoms with Crippen LogP contribution < -0.4 is 31.2 Å². The standard InChI is InChI=1S/C24BF20.C24H18NO3/c26-5-1(6(27)14(35)21(42)13(5)34)25(2-7(28)15(36)22(43)16(37)8(2)29,3-9(30)17(38)23(44)18(39)10(3)31)4-11(32)19(40)24(45)20(41)12(4)33;26-22(19-10-3-1-4-11-19)17-25-16-15-18-9-7-8-14-21(18)23(25)24(27)28-20-12-5-2-6-13-20/h;1-16H,17H2/q-1;+1. The molecular weight excluding hydrogens is 1030 g/mol. The fourth-order valence-electron chi connectivity index (χ4n) is 8.00. The van der Waals surface area contributed by atoms with E-state index in [-0.39, 0.29) is 12.3 Å². The predicted octanol–water partition coefficient (Wildman–Crippen LogP) is 10.1. The maximum atomic E-state index is 15.4. The molecule has 8 aromatic rings. The highest BCUT2D eigenvalue weighted by Crippen LogP contribution is 2.31. The number of halogens is 20. The van der Waals surface area contributed by atoms with Gasteiger partial charge in [0.05, 0.1) is 5.39 Å². The Hall–Kier alpha value is -8.25. The number of benzene rings is 7. The Labute approximate surface area is 393 Å². The molecule has 0 aliphatic carbocycles. The second kappa shape index (κ2) is 20.1. The zero-order valence-corrected chi connectivity index (χ0v) is 35.3. The SMILES string of the molecule is Fc1c(F)c(F)c([B-](c2c(F)c(F)c(F)c(F)c2F)(c2c(F)c(F)c(F)c(F)c2F)c2c(F)c(F)c(F)c(F)c2F)c(F)c1F.O=C(C[n+]1ccc2ccccc2c1C(=O)Oc1ccccc1)c1ccccc1. The lowest BCUT2D eigenvalue weighted by Crippen LogP contribution is -2.81. The molecule has 4 nitrogen and oxygen atoms in total. The van der Waals surface area contributed by atoms with Gasteiger partial charge in [0.1, 0.15) is 58.4 Å². The van der Waals surface area contributed by atoms with E-state index in [1.807, 2.05) is 54.6 Å². The zero-order valence-electron chi connectivity index (χ0n) is 35.3. The van der Waals surface area contributed by atoms with Crippen molar-refractivity contribution in [1.29, 1.82) is 0 Å². The number of aromatic nitrogens is 1. The number of carbonyl (C=O) groups is 2. The fourth-order valence-corrected chi connectivity index (χ4v) is 8.00. The molecule has 1 aromatic heterocycles. The third-order valence-electron chi connectivity index (χ3n) is 11.2. The fraction of sp³-hybridized carbons (Fsp3) is 0.0208. The molecule has 376 valence electrons. The number of fused-ring (bicyclic) bond motifs is 1. The second-order valence-electron chi connectivity index (χ2n) is 15.2. The van der Waals surface area contributed by atoms with Crippen molar-refractivity contribution in [2.75, 3.05) is 0 Å². The maximum absolute atomic E-state index is 15.4. The number of carbonyl (C=O) groups excluding carboxylic acids is 2. The van der Waals surface area contributed by atoms with Crippen LogP contribution in [0.4, 0.5) is 87.8 Å². The van der Waals surface area contributed by atoms with Crippen molar-refractivity contribution in [1.82, 2.24) is 0 Å². The molecule has 0 amide bonds. The summed E-state index contributed by atoms with van der Waals surface area (Å²) in [5.74, 6) is -71.5. The molecule has 25 heteroatoms. The smallest absolute Gasteiger partial charge is 0.409 e. The first-order valence-electron chi connectivity index (χ1n) is 19.9. The summed E-state index contributed by atoms with van der Waals surface area (Å²) in [6.45, 7) is 0.0497. The van der Waals surface area contributed by atoms with Crippen molar-refractivity contribution in [3.63, 3.8) is 0 Å². The minimum absolute atomic E-state index is 0.0497. The van der Waals surface area contributed by atoms with Crippen LogP contribution in [-0.2, 0) is 6.54 Å². The molecule has 7 aromatic carbocycles. The highest BCUT2D eigenvalue weighted by Gasteiger charge is 2.52. The first-order chi connectivity index (χ1) is 34.4. The highest BCUT2D eigenvalue weighted by molar-refractivity contribution is 7.20. The number of pyridine rings is 1. The maximum Gasteiger partial charge on any atom is 0.409 e. The number of Topliss-reactive ketones (excluding diaryl/α,β-unsaturated/α-hetero) is 1. The van der Waals surface area contributed by atoms with Gasteiger partial charge in [-0.15, -0.1) is 21.9 Å². The molecule has 0 aliphatic heterocycles. The van der Waals surface area contributed by atoms with Gasteiger partial charge in [-0.25, -0.2) is 92.6 Å². The van der Waals surface area contributed by atoms with Crippen LogP contribution >= 0.6 is 0 Å². The van der Waals surface area contributed by atoms with Crippen LogP contribution in [0.15, 0.2) is 97.2 Å². The number of hydrogen-bond acceptors (Lipinski definition) is 3. The topological polar surface area (TPSA) is 47.2 Å². The molecule has 0 atom stereocenters. The van der Waals surface area contributed by atoms with Gasteiger partial charge in [-0.2, -0.15) is 4.57 Å². The quantitative estimate of drug-likeness (QED) is 0.0212. The Bertz CT molecular complexity index is 3180. The van der Waals surface area contributed by atoms with Crippen LogP contribution in [0.25, 0.3) is 10.8 Å². The van der Waals surface area contributed by atoms with Crippen LogP contribution in [0.2, 0.25) is 0 Å². The van der Waals surface area contributed by atoms with Crippen molar-refractivity contribution in [2.45, 2.75) is 6.54 Å². The molecule has 0 radical (unpaired) electrons. The van der Waals surface area contributed by atoms with E-state index in [2.05, 4.69) is 0 Å².